The van der Waals surface area contributed by atoms with E-state index in [1.54, 1.807) is 36.9 Å². The Hall–Kier alpha value is -2.42. The van der Waals surface area contributed by atoms with Crippen molar-refractivity contribution < 1.29 is 17.9 Å². The zero-order valence-corrected chi connectivity index (χ0v) is 13.6. The molecule has 2 heterocycles. The molecule has 1 aromatic carbocycles. The van der Waals surface area contributed by atoms with Crippen LogP contribution in [0.5, 0.6) is 5.75 Å². The van der Waals surface area contributed by atoms with Crippen LogP contribution in [-0.2, 0) is 6.42 Å². The second-order valence-electron chi connectivity index (χ2n) is 4.81. The summed E-state index contributed by atoms with van der Waals surface area (Å²) in [6.07, 6.45) is 2.13. The van der Waals surface area contributed by atoms with Crippen LogP contribution < -0.4 is 4.74 Å². The number of nitrogens with zero attached hydrogens (tertiary/aromatic N) is 4. The topological polar surface area (TPSA) is 52.8 Å². The smallest absolute Gasteiger partial charge is 0.406 e. The number of halogens is 4. The van der Waals surface area contributed by atoms with E-state index >= 15 is 0 Å². The highest BCUT2D eigenvalue weighted by Crippen LogP contribution is 2.27. The maximum Gasteiger partial charge on any atom is 0.573 e. The fourth-order valence-corrected chi connectivity index (χ4v) is 2.61. The third-order valence-corrected chi connectivity index (χ3v) is 3.84. The Balaban J connectivity index is 1.87. The molecule has 0 bridgehead atoms. The van der Waals surface area contributed by atoms with Crippen molar-refractivity contribution in [2.24, 2.45) is 0 Å². The Kier molecular flexibility index (Phi) is 4.52. The molecule has 0 saturated heterocycles. The monoisotopic (exact) mass is 398 g/mol. The molecule has 3 rings (SSSR count). The van der Waals surface area contributed by atoms with Gasteiger partial charge in [0.25, 0.3) is 0 Å². The largest absolute Gasteiger partial charge is 0.573 e. The Labute approximate surface area is 143 Å². The minimum Gasteiger partial charge on any atom is -0.406 e. The van der Waals surface area contributed by atoms with Gasteiger partial charge in [-0.05, 0) is 33.6 Å². The van der Waals surface area contributed by atoms with Gasteiger partial charge in [0.1, 0.15) is 11.4 Å². The molecule has 24 heavy (non-hydrogen) atoms. The molecule has 0 unspecified atom stereocenters. The Morgan fingerprint density at radius 3 is 2.33 bits per heavy atom. The second-order valence-corrected chi connectivity index (χ2v) is 5.66. The molecule has 0 aliphatic carbocycles. The summed E-state index contributed by atoms with van der Waals surface area (Å²) in [5.74, 6) is -0.256. The van der Waals surface area contributed by atoms with Crippen molar-refractivity contribution in [2.45, 2.75) is 12.8 Å². The van der Waals surface area contributed by atoms with Gasteiger partial charge in [-0.25, -0.2) is 0 Å². The maximum atomic E-state index is 12.2. The van der Waals surface area contributed by atoms with Crippen molar-refractivity contribution in [3.8, 4) is 11.4 Å². The summed E-state index contributed by atoms with van der Waals surface area (Å²) in [4.78, 5) is 5.54. The van der Waals surface area contributed by atoms with Gasteiger partial charge in [-0.3, -0.25) is 4.98 Å². The van der Waals surface area contributed by atoms with E-state index in [9.17, 15) is 13.2 Å². The SMILES string of the molecule is FC(F)(F)Oc1ccc(Cc2c(Br)cncc2-n2nccn2)cc1. The molecule has 0 aliphatic rings. The first kappa shape index (κ1) is 16.4. The molecule has 3 aromatic rings. The maximum absolute atomic E-state index is 12.2. The molecule has 124 valence electrons. The zero-order chi connectivity index (χ0) is 17.2. The first-order chi connectivity index (χ1) is 11.4. The lowest BCUT2D eigenvalue weighted by Crippen LogP contribution is -2.17. The highest BCUT2D eigenvalue weighted by atomic mass is 79.9. The van der Waals surface area contributed by atoms with Crippen molar-refractivity contribution in [1.82, 2.24) is 20.0 Å². The van der Waals surface area contributed by atoms with Crippen LogP contribution in [0.15, 0.2) is 53.5 Å². The molecule has 0 fully saturated rings. The lowest BCUT2D eigenvalue weighted by atomic mass is 10.0. The zero-order valence-electron chi connectivity index (χ0n) is 12.0. The highest BCUT2D eigenvalue weighted by Gasteiger charge is 2.30. The number of rotatable bonds is 4. The fraction of sp³-hybridized carbons (Fsp3) is 0.133. The molecule has 9 heteroatoms. The number of hydrogen-bond acceptors (Lipinski definition) is 4. The van der Waals surface area contributed by atoms with Gasteiger partial charge >= 0.3 is 6.36 Å². The van der Waals surface area contributed by atoms with Crippen molar-refractivity contribution in [3.63, 3.8) is 0 Å². The summed E-state index contributed by atoms with van der Waals surface area (Å²) in [5, 5.41) is 8.17. The van der Waals surface area contributed by atoms with E-state index in [0.717, 1.165) is 15.6 Å². The van der Waals surface area contributed by atoms with Crippen molar-refractivity contribution in [3.05, 3.63) is 64.7 Å². The number of ether oxygens (including phenoxy) is 1. The van der Waals surface area contributed by atoms with Gasteiger partial charge in [-0.1, -0.05) is 12.1 Å². The first-order valence-electron chi connectivity index (χ1n) is 6.76. The lowest BCUT2D eigenvalue weighted by molar-refractivity contribution is -0.274. The molecule has 0 spiro atoms. The molecule has 0 atom stereocenters. The Bertz CT molecular complexity index is 820. The third-order valence-electron chi connectivity index (χ3n) is 3.15. The number of benzene rings is 1. The summed E-state index contributed by atoms with van der Waals surface area (Å²) >= 11 is 3.44. The summed E-state index contributed by atoms with van der Waals surface area (Å²) in [7, 11) is 0. The third kappa shape index (κ3) is 3.91. The predicted molar refractivity (Wildman–Crippen MR) is 82.8 cm³/mol. The van der Waals surface area contributed by atoms with E-state index in [0.29, 0.717) is 12.1 Å². The molecular weight excluding hydrogens is 389 g/mol. The fourth-order valence-electron chi connectivity index (χ4n) is 2.15. The number of hydrogen-bond donors (Lipinski definition) is 0. The van der Waals surface area contributed by atoms with E-state index in [1.807, 2.05) is 0 Å². The molecule has 0 radical (unpaired) electrons. The van der Waals surface area contributed by atoms with Crippen LogP contribution in [-0.4, -0.2) is 26.3 Å². The van der Waals surface area contributed by atoms with E-state index < -0.39 is 6.36 Å². The van der Waals surface area contributed by atoms with Crippen LogP contribution in [0.3, 0.4) is 0 Å². The van der Waals surface area contributed by atoms with Crippen LogP contribution in [0.4, 0.5) is 13.2 Å². The average molecular weight is 399 g/mol. The molecular formula is C15H10BrF3N4O. The number of aromatic nitrogens is 4. The van der Waals surface area contributed by atoms with Crippen LogP contribution in [0.1, 0.15) is 11.1 Å². The summed E-state index contributed by atoms with van der Waals surface area (Å²) in [6, 6.07) is 5.72. The van der Waals surface area contributed by atoms with Gasteiger partial charge in [0.2, 0.25) is 0 Å². The summed E-state index contributed by atoms with van der Waals surface area (Å²) in [6.45, 7) is 0. The number of alkyl halides is 3. The van der Waals surface area contributed by atoms with Crippen molar-refractivity contribution in [2.75, 3.05) is 0 Å². The van der Waals surface area contributed by atoms with Gasteiger partial charge in [0, 0.05) is 22.7 Å². The van der Waals surface area contributed by atoms with Crippen LogP contribution >= 0.6 is 15.9 Å². The van der Waals surface area contributed by atoms with Crippen LogP contribution in [0.25, 0.3) is 5.69 Å². The summed E-state index contributed by atoms with van der Waals surface area (Å²) < 4.78 is 41.2. The normalized spacial score (nSPS) is 11.5. The molecule has 0 N–H and O–H groups in total. The molecule has 0 aliphatic heterocycles. The second kappa shape index (κ2) is 6.60. The highest BCUT2D eigenvalue weighted by molar-refractivity contribution is 9.10. The number of pyridine rings is 1. The molecule has 0 amide bonds. The first-order valence-corrected chi connectivity index (χ1v) is 7.55. The minimum atomic E-state index is -4.70. The average Bonchev–Trinajstić information content (AvgIpc) is 3.04. The molecule has 2 aromatic heterocycles. The minimum absolute atomic E-state index is 0.256. The summed E-state index contributed by atoms with van der Waals surface area (Å²) in [5.41, 5.74) is 2.36. The van der Waals surface area contributed by atoms with Gasteiger partial charge in [0.15, 0.2) is 0 Å². The quantitative estimate of drug-likeness (QED) is 0.668. The van der Waals surface area contributed by atoms with Crippen LogP contribution in [0.2, 0.25) is 0 Å². The molecule has 0 saturated carbocycles. The van der Waals surface area contributed by atoms with Gasteiger partial charge < -0.3 is 4.74 Å². The Morgan fingerprint density at radius 2 is 1.71 bits per heavy atom. The lowest BCUT2D eigenvalue weighted by Gasteiger charge is -2.12. The van der Waals surface area contributed by atoms with E-state index in [2.05, 4.69) is 35.8 Å². The predicted octanol–water partition coefficient (Wildman–Crippen LogP) is 3.91. The van der Waals surface area contributed by atoms with E-state index in [1.165, 1.54) is 16.9 Å². The van der Waals surface area contributed by atoms with Gasteiger partial charge in [0.05, 0.1) is 18.6 Å². The van der Waals surface area contributed by atoms with Crippen molar-refractivity contribution in [1.29, 1.82) is 0 Å². The van der Waals surface area contributed by atoms with Crippen molar-refractivity contribution >= 4 is 15.9 Å². The van der Waals surface area contributed by atoms with E-state index in [-0.39, 0.29) is 5.75 Å². The Morgan fingerprint density at radius 1 is 1.04 bits per heavy atom. The molecule has 5 nitrogen and oxygen atoms in total. The van der Waals surface area contributed by atoms with Crippen LogP contribution in [0, 0.1) is 0 Å². The van der Waals surface area contributed by atoms with Gasteiger partial charge in [-0.15, -0.1) is 18.0 Å². The van der Waals surface area contributed by atoms with Gasteiger partial charge in [-0.2, -0.15) is 10.2 Å². The standard InChI is InChI=1S/C15H10BrF3N4O/c16-13-8-20-9-14(23-21-5-6-22-23)12(13)7-10-1-3-11(4-2-10)24-15(17,18)19/h1-6,8-9H,7H2. The van der Waals surface area contributed by atoms with E-state index in [4.69, 9.17) is 0 Å².